The fraction of sp³-hybridized carbons (Fsp3) is 0.765. The fourth-order valence-electron chi connectivity index (χ4n) is 9.17. The Morgan fingerprint density at radius 2 is 1.64 bits per heavy atom. The lowest BCUT2D eigenvalue weighted by molar-refractivity contribution is -0.140. The summed E-state index contributed by atoms with van der Waals surface area (Å²) in [6.45, 7) is 2.91. The average Bonchev–Trinajstić information content (AvgIpc) is 3.58. The molecule has 244 valence electrons. The Labute approximate surface area is 266 Å². The first-order chi connectivity index (χ1) is 21.2. The van der Waals surface area contributed by atoms with E-state index in [-0.39, 0.29) is 40.7 Å². The second kappa shape index (κ2) is 13.4. The van der Waals surface area contributed by atoms with Crippen molar-refractivity contribution in [2.75, 3.05) is 26.2 Å². The third-order valence-electron chi connectivity index (χ3n) is 11.7. The molecule has 4 N–H and O–H groups in total. The van der Waals surface area contributed by atoms with Crippen molar-refractivity contribution in [2.45, 2.75) is 132 Å². The number of benzene rings is 1. The lowest BCUT2D eigenvalue weighted by Crippen LogP contribution is -2.72. The number of halogens is 2. The number of piperidine rings is 1. The van der Waals surface area contributed by atoms with Crippen molar-refractivity contribution in [3.63, 3.8) is 0 Å². The quantitative estimate of drug-likeness (QED) is 0.343. The molecule has 2 aliphatic heterocycles. The number of rotatable bonds is 7. The largest absolute Gasteiger partial charge is 0.484 e. The van der Waals surface area contributed by atoms with Crippen LogP contribution in [0, 0.1) is 11.2 Å². The zero-order valence-corrected chi connectivity index (χ0v) is 26.7. The number of ether oxygens (including phenoxy) is 1. The standard InChI is InChI=1S/C34H50ClFN4O4/c35-26-10-9-25(19-27(26)36)44-23-29(42)38-34-15-13-33(14-16-34,21-28(34)41)39-31(43)30-32(11-5-3-1-2-4-6-12-32)20-24(22-37-30)40-17-7-8-18-40/h9-10,19,24,28,30,37,41H,1-8,11-18,20-23H2,(H,38,42)(H,39,43). The van der Waals surface area contributed by atoms with Gasteiger partial charge in [0.1, 0.15) is 11.6 Å². The van der Waals surface area contributed by atoms with Crippen LogP contribution >= 0.6 is 11.6 Å². The maximum Gasteiger partial charge on any atom is 0.258 e. The van der Waals surface area contributed by atoms with Crippen LogP contribution in [0.3, 0.4) is 0 Å². The van der Waals surface area contributed by atoms with Crippen LogP contribution in [0.4, 0.5) is 4.39 Å². The summed E-state index contributed by atoms with van der Waals surface area (Å²) in [5.41, 5.74) is -1.25. The minimum atomic E-state index is -0.778. The first-order valence-corrected chi connectivity index (χ1v) is 17.5. The molecule has 44 heavy (non-hydrogen) atoms. The predicted molar refractivity (Wildman–Crippen MR) is 168 cm³/mol. The molecule has 3 atom stereocenters. The molecule has 8 nitrogen and oxygen atoms in total. The van der Waals surface area contributed by atoms with E-state index < -0.39 is 23.0 Å². The number of carbonyl (C=O) groups is 2. The highest BCUT2D eigenvalue weighted by Crippen LogP contribution is 2.49. The van der Waals surface area contributed by atoms with Gasteiger partial charge in [-0.3, -0.25) is 14.5 Å². The molecule has 2 heterocycles. The van der Waals surface area contributed by atoms with Gasteiger partial charge in [-0.15, -0.1) is 0 Å². The first-order valence-electron chi connectivity index (χ1n) is 17.1. The number of likely N-dealkylation sites (tertiary alicyclic amines) is 1. The third kappa shape index (κ3) is 6.76. The van der Waals surface area contributed by atoms with Gasteiger partial charge in [0.2, 0.25) is 5.91 Å². The van der Waals surface area contributed by atoms with Gasteiger partial charge in [0.15, 0.2) is 6.61 Å². The van der Waals surface area contributed by atoms with Gasteiger partial charge < -0.3 is 25.8 Å². The number of aliphatic hydroxyl groups is 1. The van der Waals surface area contributed by atoms with Crippen molar-refractivity contribution in [1.29, 1.82) is 0 Å². The third-order valence-corrected chi connectivity index (χ3v) is 12.0. The van der Waals surface area contributed by atoms with Crippen molar-refractivity contribution in [2.24, 2.45) is 5.41 Å². The van der Waals surface area contributed by atoms with Crippen LogP contribution in [-0.2, 0) is 9.59 Å². The minimum absolute atomic E-state index is 0.00958. The van der Waals surface area contributed by atoms with Gasteiger partial charge in [-0.05, 0) is 94.8 Å². The zero-order valence-electron chi connectivity index (χ0n) is 26.0. The first kappa shape index (κ1) is 32.0. The molecule has 4 aliphatic carbocycles. The maximum absolute atomic E-state index is 14.3. The Balaban J connectivity index is 1.09. The molecule has 6 fully saturated rings. The summed E-state index contributed by atoms with van der Waals surface area (Å²) in [5.74, 6) is -0.658. The number of nitrogens with zero attached hydrogens (tertiary/aromatic N) is 1. The Bertz CT molecular complexity index is 1180. The summed E-state index contributed by atoms with van der Waals surface area (Å²) >= 11 is 5.73. The molecule has 1 aromatic carbocycles. The van der Waals surface area contributed by atoms with E-state index in [1.165, 1.54) is 76.6 Å². The number of amides is 2. The van der Waals surface area contributed by atoms with Crippen LogP contribution in [0.5, 0.6) is 5.75 Å². The number of aliphatic hydroxyl groups excluding tert-OH is 1. The Morgan fingerprint density at radius 3 is 2.30 bits per heavy atom. The highest BCUT2D eigenvalue weighted by Gasteiger charge is 2.57. The number of hydrogen-bond acceptors (Lipinski definition) is 6. The molecule has 2 saturated heterocycles. The highest BCUT2D eigenvalue weighted by molar-refractivity contribution is 6.30. The highest BCUT2D eigenvalue weighted by atomic mass is 35.5. The van der Waals surface area contributed by atoms with Crippen molar-refractivity contribution in [3.05, 3.63) is 29.0 Å². The molecule has 0 aromatic heterocycles. The summed E-state index contributed by atoms with van der Waals surface area (Å²) in [4.78, 5) is 29.8. The lowest BCUT2D eigenvalue weighted by Gasteiger charge is -2.57. The van der Waals surface area contributed by atoms with Crippen molar-refractivity contribution >= 4 is 23.4 Å². The summed E-state index contributed by atoms with van der Waals surface area (Å²) in [5, 5.41) is 21.6. The van der Waals surface area contributed by atoms with Gasteiger partial charge in [-0.1, -0.05) is 50.1 Å². The van der Waals surface area contributed by atoms with Crippen LogP contribution in [0.1, 0.15) is 103 Å². The predicted octanol–water partition coefficient (Wildman–Crippen LogP) is 4.85. The van der Waals surface area contributed by atoms with E-state index in [9.17, 15) is 19.1 Å². The second-order valence-electron chi connectivity index (χ2n) is 14.5. The lowest BCUT2D eigenvalue weighted by atomic mass is 9.59. The molecule has 2 bridgehead atoms. The van der Waals surface area contributed by atoms with Crippen LogP contribution < -0.4 is 20.7 Å². The van der Waals surface area contributed by atoms with Crippen LogP contribution in [0.15, 0.2) is 18.2 Å². The second-order valence-corrected chi connectivity index (χ2v) is 14.9. The molecular weight excluding hydrogens is 583 g/mol. The van der Waals surface area contributed by atoms with Crippen molar-refractivity contribution < 1.29 is 23.8 Å². The molecule has 2 amide bonds. The van der Waals surface area contributed by atoms with Crippen LogP contribution in [0.2, 0.25) is 5.02 Å². The van der Waals surface area contributed by atoms with Gasteiger partial charge >= 0.3 is 0 Å². The molecule has 3 unspecified atom stereocenters. The average molecular weight is 633 g/mol. The van der Waals surface area contributed by atoms with Crippen molar-refractivity contribution in [3.8, 4) is 5.75 Å². The van der Waals surface area contributed by atoms with E-state index in [2.05, 4.69) is 20.9 Å². The fourth-order valence-corrected chi connectivity index (χ4v) is 9.29. The van der Waals surface area contributed by atoms with Gasteiger partial charge in [-0.25, -0.2) is 4.39 Å². The summed E-state index contributed by atoms with van der Waals surface area (Å²) in [6, 6.07) is 4.34. The summed E-state index contributed by atoms with van der Waals surface area (Å²) < 4.78 is 19.2. The number of carbonyl (C=O) groups excluding carboxylic acids is 2. The van der Waals surface area contributed by atoms with Gasteiger partial charge in [-0.2, -0.15) is 0 Å². The topological polar surface area (TPSA) is 103 Å². The molecule has 7 rings (SSSR count). The molecule has 6 aliphatic rings. The molecule has 10 heteroatoms. The number of fused-ring (bicyclic) bond motifs is 3. The summed E-state index contributed by atoms with van der Waals surface area (Å²) in [6.07, 6.45) is 15.5. The SMILES string of the molecule is O=C(COc1ccc(Cl)c(F)c1)NC12CCC(NC(=O)C3NCC(N4CCCC4)CC34CCCCCCCC4)(CC1)CC2O. The Kier molecular flexibility index (Phi) is 9.77. The van der Waals surface area contributed by atoms with E-state index >= 15 is 0 Å². The van der Waals surface area contributed by atoms with E-state index in [0.717, 1.165) is 31.9 Å². The normalized spacial score (nSPS) is 34.1. The molecular formula is C34H50ClFN4O4. The Morgan fingerprint density at radius 1 is 0.955 bits per heavy atom. The van der Waals surface area contributed by atoms with Gasteiger partial charge in [0.05, 0.1) is 22.7 Å². The van der Waals surface area contributed by atoms with E-state index in [0.29, 0.717) is 38.1 Å². The molecule has 0 radical (unpaired) electrons. The van der Waals surface area contributed by atoms with Gasteiger partial charge in [0, 0.05) is 24.2 Å². The monoisotopic (exact) mass is 632 g/mol. The number of nitrogens with one attached hydrogen (secondary N) is 3. The molecule has 1 spiro atoms. The zero-order chi connectivity index (χ0) is 30.8. The Hall–Kier alpha value is -1.94. The number of hydrogen-bond donors (Lipinski definition) is 4. The molecule has 4 saturated carbocycles. The smallest absolute Gasteiger partial charge is 0.258 e. The van der Waals surface area contributed by atoms with E-state index in [1.54, 1.807) is 0 Å². The van der Waals surface area contributed by atoms with E-state index in [4.69, 9.17) is 16.3 Å². The molecule has 1 aromatic rings. The summed E-state index contributed by atoms with van der Waals surface area (Å²) in [7, 11) is 0. The van der Waals surface area contributed by atoms with Gasteiger partial charge in [0.25, 0.3) is 5.91 Å². The van der Waals surface area contributed by atoms with E-state index in [1.807, 2.05) is 0 Å². The maximum atomic E-state index is 14.3. The van der Waals surface area contributed by atoms with Crippen LogP contribution in [0.25, 0.3) is 0 Å². The van der Waals surface area contributed by atoms with Crippen LogP contribution in [-0.4, -0.2) is 77.3 Å². The van der Waals surface area contributed by atoms with Crippen molar-refractivity contribution in [1.82, 2.24) is 20.9 Å². The minimum Gasteiger partial charge on any atom is -0.484 e.